The van der Waals surface area contributed by atoms with Gasteiger partial charge in [-0.2, -0.15) is 0 Å². The number of hydrogen-bond acceptors (Lipinski definition) is 3. The molecule has 14 heavy (non-hydrogen) atoms. The van der Waals surface area contributed by atoms with Crippen LogP contribution in [0.15, 0.2) is 35.2 Å². The van der Waals surface area contributed by atoms with Crippen LogP contribution >= 0.6 is 12.6 Å². The summed E-state index contributed by atoms with van der Waals surface area (Å²) < 4.78 is 4.75. The Kier molecular flexibility index (Phi) is 4.26. The average Bonchev–Trinajstić information content (AvgIpc) is 2.17. The molecular formula is C11H12O2S. The number of esters is 1. The van der Waals surface area contributed by atoms with E-state index < -0.39 is 0 Å². The molecule has 1 rings (SSSR count). The monoisotopic (exact) mass is 208 g/mol. The van der Waals surface area contributed by atoms with Gasteiger partial charge < -0.3 is 4.74 Å². The van der Waals surface area contributed by atoms with Gasteiger partial charge in [-0.05, 0) is 30.7 Å². The first-order valence-electron chi connectivity index (χ1n) is 4.36. The lowest BCUT2D eigenvalue weighted by molar-refractivity contribution is -0.137. The zero-order valence-corrected chi connectivity index (χ0v) is 8.83. The molecule has 0 bridgehead atoms. The van der Waals surface area contributed by atoms with Crippen LogP contribution in [0.5, 0.6) is 0 Å². The van der Waals surface area contributed by atoms with Gasteiger partial charge in [0.1, 0.15) is 0 Å². The number of rotatable bonds is 3. The smallest absolute Gasteiger partial charge is 0.330 e. The molecule has 0 atom stereocenters. The summed E-state index contributed by atoms with van der Waals surface area (Å²) in [4.78, 5) is 11.9. The lowest BCUT2D eigenvalue weighted by Crippen LogP contribution is -1.98. The van der Waals surface area contributed by atoms with Crippen molar-refractivity contribution in [1.29, 1.82) is 0 Å². The maximum atomic E-state index is 11.0. The highest BCUT2D eigenvalue weighted by Gasteiger charge is 1.93. The van der Waals surface area contributed by atoms with Crippen molar-refractivity contribution in [1.82, 2.24) is 0 Å². The minimum Gasteiger partial charge on any atom is -0.463 e. The first-order valence-corrected chi connectivity index (χ1v) is 4.81. The third-order valence-corrected chi connectivity index (χ3v) is 1.89. The van der Waals surface area contributed by atoms with Gasteiger partial charge in [-0.25, -0.2) is 4.79 Å². The fraction of sp³-hybridized carbons (Fsp3) is 0.182. The Morgan fingerprint density at radius 1 is 1.43 bits per heavy atom. The van der Waals surface area contributed by atoms with Crippen LogP contribution in [-0.4, -0.2) is 12.6 Å². The molecule has 0 spiro atoms. The van der Waals surface area contributed by atoms with Gasteiger partial charge in [0.2, 0.25) is 0 Å². The predicted octanol–water partition coefficient (Wildman–Crippen LogP) is 2.55. The van der Waals surface area contributed by atoms with Crippen molar-refractivity contribution >= 4 is 24.7 Å². The molecule has 0 N–H and O–H groups in total. The molecule has 3 heteroatoms. The van der Waals surface area contributed by atoms with Gasteiger partial charge in [0, 0.05) is 11.0 Å². The van der Waals surface area contributed by atoms with Crippen molar-refractivity contribution in [2.45, 2.75) is 11.8 Å². The van der Waals surface area contributed by atoms with E-state index in [9.17, 15) is 4.79 Å². The fourth-order valence-corrected chi connectivity index (χ4v) is 1.09. The molecule has 0 aliphatic carbocycles. The summed E-state index contributed by atoms with van der Waals surface area (Å²) in [7, 11) is 0. The van der Waals surface area contributed by atoms with Crippen molar-refractivity contribution in [2.24, 2.45) is 0 Å². The largest absolute Gasteiger partial charge is 0.463 e. The van der Waals surface area contributed by atoms with Gasteiger partial charge in [-0.15, -0.1) is 12.6 Å². The first-order chi connectivity index (χ1) is 6.72. The van der Waals surface area contributed by atoms with E-state index in [4.69, 9.17) is 4.74 Å². The molecule has 0 aliphatic rings. The number of ether oxygens (including phenoxy) is 1. The number of hydrogen-bond donors (Lipinski definition) is 1. The van der Waals surface area contributed by atoms with Crippen LogP contribution in [0, 0.1) is 0 Å². The van der Waals surface area contributed by atoms with E-state index in [-0.39, 0.29) is 5.97 Å². The molecule has 0 fully saturated rings. The molecule has 0 aliphatic heterocycles. The van der Waals surface area contributed by atoms with Crippen LogP contribution in [0.1, 0.15) is 12.5 Å². The molecule has 74 valence electrons. The van der Waals surface area contributed by atoms with Gasteiger partial charge in [0.15, 0.2) is 0 Å². The Bertz CT molecular complexity index is 328. The number of benzene rings is 1. The molecular weight excluding hydrogens is 196 g/mol. The summed E-state index contributed by atoms with van der Waals surface area (Å²) in [5, 5.41) is 0. The van der Waals surface area contributed by atoms with Gasteiger partial charge >= 0.3 is 5.97 Å². The third-order valence-electron chi connectivity index (χ3n) is 1.59. The van der Waals surface area contributed by atoms with Crippen LogP contribution in [-0.2, 0) is 9.53 Å². The van der Waals surface area contributed by atoms with E-state index >= 15 is 0 Å². The minimum absolute atomic E-state index is 0.317. The van der Waals surface area contributed by atoms with Gasteiger partial charge in [0.25, 0.3) is 0 Å². The average molecular weight is 208 g/mol. The van der Waals surface area contributed by atoms with E-state index in [1.54, 1.807) is 13.0 Å². The van der Waals surface area contributed by atoms with E-state index in [1.165, 1.54) is 6.08 Å². The second kappa shape index (κ2) is 5.50. The third kappa shape index (κ3) is 3.66. The molecule has 0 unspecified atom stereocenters. The normalized spacial score (nSPS) is 10.4. The summed E-state index contributed by atoms with van der Waals surface area (Å²) in [6.45, 7) is 2.18. The second-order valence-electron chi connectivity index (χ2n) is 2.68. The zero-order valence-electron chi connectivity index (χ0n) is 7.93. The van der Waals surface area contributed by atoms with Crippen molar-refractivity contribution < 1.29 is 9.53 Å². The van der Waals surface area contributed by atoms with Crippen LogP contribution < -0.4 is 0 Å². The Morgan fingerprint density at radius 2 is 2.07 bits per heavy atom. The fourth-order valence-electron chi connectivity index (χ4n) is 0.940. The highest BCUT2D eigenvalue weighted by atomic mass is 32.1. The van der Waals surface area contributed by atoms with Gasteiger partial charge in [-0.3, -0.25) is 0 Å². The lowest BCUT2D eigenvalue weighted by Gasteiger charge is -1.95. The summed E-state index contributed by atoms with van der Waals surface area (Å²) in [5.74, 6) is -0.317. The van der Waals surface area contributed by atoms with Crippen LogP contribution in [0.3, 0.4) is 0 Å². The lowest BCUT2D eigenvalue weighted by atomic mass is 10.2. The Balaban J connectivity index is 2.60. The van der Waals surface area contributed by atoms with E-state index in [0.717, 1.165) is 10.5 Å². The number of thiol groups is 1. The highest BCUT2D eigenvalue weighted by molar-refractivity contribution is 7.80. The Hall–Kier alpha value is -1.22. The second-order valence-corrected chi connectivity index (χ2v) is 3.19. The van der Waals surface area contributed by atoms with E-state index in [2.05, 4.69) is 12.6 Å². The van der Waals surface area contributed by atoms with Crippen molar-refractivity contribution in [3.63, 3.8) is 0 Å². The van der Waals surface area contributed by atoms with Crippen LogP contribution in [0.2, 0.25) is 0 Å². The molecule has 0 saturated carbocycles. The van der Waals surface area contributed by atoms with Gasteiger partial charge in [0.05, 0.1) is 6.61 Å². The summed E-state index contributed by atoms with van der Waals surface area (Å²) in [6, 6.07) is 7.51. The Labute approximate surface area is 89.0 Å². The first kappa shape index (κ1) is 10.9. The topological polar surface area (TPSA) is 26.3 Å². The SMILES string of the molecule is CCOC(=O)/C=C/c1ccc(S)cc1. The van der Waals surface area contributed by atoms with Crippen molar-refractivity contribution in [3.05, 3.63) is 35.9 Å². The summed E-state index contributed by atoms with van der Waals surface area (Å²) in [5.41, 5.74) is 0.954. The van der Waals surface area contributed by atoms with Gasteiger partial charge in [-0.1, -0.05) is 12.1 Å². The molecule has 0 amide bonds. The maximum Gasteiger partial charge on any atom is 0.330 e. The van der Waals surface area contributed by atoms with Crippen molar-refractivity contribution in [2.75, 3.05) is 6.61 Å². The molecule has 0 aromatic heterocycles. The molecule has 2 nitrogen and oxygen atoms in total. The molecule has 1 aromatic rings. The summed E-state index contributed by atoms with van der Waals surface area (Å²) in [6.07, 6.45) is 3.13. The maximum absolute atomic E-state index is 11.0. The zero-order chi connectivity index (χ0) is 10.4. The highest BCUT2D eigenvalue weighted by Crippen LogP contribution is 2.08. The van der Waals surface area contributed by atoms with E-state index in [0.29, 0.717) is 6.61 Å². The minimum atomic E-state index is -0.317. The standard InChI is InChI=1S/C11H12O2S/c1-2-13-11(12)8-5-9-3-6-10(14)7-4-9/h3-8,14H,2H2,1H3/b8-5+. The predicted molar refractivity (Wildman–Crippen MR) is 59.4 cm³/mol. The van der Waals surface area contributed by atoms with Crippen LogP contribution in [0.25, 0.3) is 6.08 Å². The molecule has 1 aromatic carbocycles. The van der Waals surface area contributed by atoms with Crippen molar-refractivity contribution in [3.8, 4) is 0 Å². The quantitative estimate of drug-likeness (QED) is 0.469. The molecule has 0 heterocycles. The number of carbonyl (C=O) groups is 1. The number of carbonyl (C=O) groups excluding carboxylic acids is 1. The molecule has 0 saturated heterocycles. The van der Waals surface area contributed by atoms with Crippen LogP contribution in [0.4, 0.5) is 0 Å². The summed E-state index contributed by atoms with van der Waals surface area (Å²) >= 11 is 4.16. The Morgan fingerprint density at radius 3 is 2.64 bits per heavy atom. The van der Waals surface area contributed by atoms with E-state index in [1.807, 2.05) is 24.3 Å². The molecule has 0 radical (unpaired) electrons.